The van der Waals surface area contributed by atoms with Gasteiger partial charge in [0.2, 0.25) is 5.91 Å². The number of morpholine rings is 1. The SMILES string of the molecule is O=C(O)[C@H]1COCCN1C(=O)CCn1c(=O)[nH]c(=O)c2ccccc21. The molecule has 0 spiro atoms. The number of hydrogen-bond donors (Lipinski definition) is 2. The molecule has 1 atom stereocenters. The standard InChI is InChI=1S/C16H17N3O6/c20-13(18-7-8-25-9-12(18)15(22)23)5-6-19-11-4-2-1-3-10(11)14(21)17-16(19)24/h1-4,12H,5-9H2,(H,22,23)(H,17,21,24)/t12-/m1/s1. The van der Waals surface area contributed by atoms with Gasteiger partial charge in [0.25, 0.3) is 5.56 Å². The largest absolute Gasteiger partial charge is 0.480 e. The summed E-state index contributed by atoms with van der Waals surface area (Å²) in [5.41, 5.74) is -0.656. The van der Waals surface area contributed by atoms with Crippen LogP contribution in [0, 0.1) is 0 Å². The molecule has 1 aliphatic heterocycles. The molecule has 1 aliphatic rings. The number of fused-ring (bicyclic) bond motifs is 1. The number of hydrogen-bond acceptors (Lipinski definition) is 5. The minimum atomic E-state index is -1.13. The van der Waals surface area contributed by atoms with E-state index in [9.17, 15) is 24.3 Å². The van der Waals surface area contributed by atoms with E-state index in [0.717, 1.165) is 0 Å². The fourth-order valence-corrected chi connectivity index (χ4v) is 2.92. The fraction of sp³-hybridized carbons (Fsp3) is 0.375. The molecule has 0 aliphatic carbocycles. The molecule has 0 radical (unpaired) electrons. The van der Waals surface area contributed by atoms with Crippen molar-refractivity contribution in [1.82, 2.24) is 14.5 Å². The first-order valence-electron chi connectivity index (χ1n) is 7.81. The molecule has 2 aromatic rings. The molecule has 1 aromatic carbocycles. The molecule has 9 nitrogen and oxygen atoms in total. The van der Waals surface area contributed by atoms with Crippen LogP contribution in [0.25, 0.3) is 10.9 Å². The van der Waals surface area contributed by atoms with E-state index in [0.29, 0.717) is 10.9 Å². The molecule has 2 N–H and O–H groups in total. The molecule has 9 heteroatoms. The van der Waals surface area contributed by atoms with Crippen LogP contribution < -0.4 is 11.2 Å². The molecule has 3 rings (SSSR count). The number of rotatable bonds is 4. The Hall–Kier alpha value is -2.94. The van der Waals surface area contributed by atoms with Crippen LogP contribution in [0.2, 0.25) is 0 Å². The van der Waals surface area contributed by atoms with Gasteiger partial charge in [0.1, 0.15) is 0 Å². The lowest BCUT2D eigenvalue weighted by molar-refractivity contribution is -0.158. The van der Waals surface area contributed by atoms with Crippen LogP contribution in [0.3, 0.4) is 0 Å². The van der Waals surface area contributed by atoms with Gasteiger partial charge in [0, 0.05) is 19.5 Å². The Morgan fingerprint density at radius 2 is 2.04 bits per heavy atom. The van der Waals surface area contributed by atoms with Crippen molar-refractivity contribution in [2.75, 3.05) is 19.8 Å². The Labute approximate surface area is 141 Å². The Balaban J connectivity index is 1.83. The van der Waals surface area contributed by atoms with Gasteiger partial charge in [-0.2, -0.15) is 0 Å². The maximum atomic E-state index is 12.4. The van der Waals surface area contributed by atoms with E-state index in [2.05, 4.69) is 4.98 Å². The van der Waals surface area contributed by atoms with E-state index in [1.54, 1.807) is 24.3 Å². The Morgan fingerprint density at radius 3 is 2.80 bits per heavy atom. The van der Waals surface area contributed by atoms with Gasteiger partial charge >= 0.3 is 11.7 Å². The molecule has 2 heterocycles. The van der Waals surface area contributed by atoms with Crippen molar-refractivity contribution in [2.24, 2.45) is 0 Å². The number of aliphatic carboxylic acids is 1. The number of aryl methyl sites for hydroxylation is 1. The predicted octanol–water partition coefficient (Wildman–Crippen LogP) is -0.608. The summed E-state index contributed by atoms with van der Waals surface area (Å²) in [5, 5.41) is 9.54. The lowest BCUT2D eigenvalue weighted by Crippen LogP contribution is -2.52. The van der Waals surface area contributed by atoms with Crippen LogP contribution in [0.5, 0.6) is 0 Å². The first kappa shape index (κ1) is 16.9. The summed E-state index contributed by atoms with van der Waals surface area (Å²) in [6.45, 7) is 0.454. The van der Waals surface area contributed by atoms with E-state index < -0.39 is 23.3 Å². The third-order valence-corrected chi connectivity index (χ3v) is 4.19. The van der Waals surface area contributed by atoms with Gasteiger partial charge in [0.05, 0.1) is 24.1 Å². The van der Waals surface area contributed by atoms with E-state index >= 15 is 0 Å². The minimum absolute atomic E-state index is 0.0403. The summed E-state index contributed by atoms with van der Waals surface area (Å²) < 4.78 is 6.42. The van der Waals surface area contributed by atoms with Crippen molar-refractivity contribution in [3.63, 3.8) is 0 Å². The maximum absolute atomic E-state index is 12.4. The smallest absolute Gasteiger partial charge is 0.328 e. The maximum Gasteiger partial charge on any atom is 0.328 e. The summed E-state index contributed by atoms with van der Waals surface area (Å²) in [6.07, 6.45) is -0.0558. The number of nitrogens with zero attached hydrogens (tertiary/aromatic N) is 2. The molecule has 1 saturated heterocycles. The Morgan fingerprint density at radius 1 is 1.28 bits per heavy atom. The second-order valence-corrected chi connectivity index (χ2v) is 5.69. The fourth-order valence-electron chi connectivity index (χ4n) is 2.92. The van der Waals surface area contributed by atoms with Crippen molar-refractivity contribution >= 4 is 22.8 Å². The van der Waals surface area contributed by atoms with Crippen LogP contribution in [0.15, 0.2) is 33.9 Å². The topological polar surface area (TPSA) is 122 Å². The zero-order valence-electron chi connectivity index (χ0n) is 13.3. The second kappa shape index (κ2) is 6.89. The zero-order valence-corrected chi connectivity index (χ0v) is 13.3. The first-order chi connectivity index (χ1) is 12.0. The van der Waals surface area contributed by atoms with E-state index in [1.165, 1.54) is 9.47 Å². The number of H-pyrrole nitrogens is 1. The number of amides is 1. The molecule has 1 amide bonds. The number of ether oxygens (including phenoxy) is 1. The molecule has 0 unspecified atom stereocenters. The highest BCUT2D eigenvalue weighted by molar-refractivity contribution is 5.84. The Bertz CT molecular complexity index is 931. The van der Waals surface area contributed by atoms with Crippen LogP contribution in [0.1, 0.15) is 6.42 Å². The summed E-state index contributed by atoms with van der Waals surface area (Å²) in [6, 6.07) is 5.58. The van der Waals surface area contributed by atoms with E-state index in [-0.39, 0.29) is 38.6 Å². The lowest BCUT2D eigenvalue weighted by atomic mass is 10.2. The molecule has 132 valence electrons. The number of carboxylic acids is 1. The molecule has 25 heavy (non-hydrogen) atoms. The van der Waals surface area contributed by atoms with Crippen molar-refractivity contribution in [1.29, 1.82) is 0 Å². The second-order valence-electron chi connectivity index (χ2n) is 5.69. The van der Waals surface area contributed by atoms with Crippen molar-refractivity contribution < 1.29 is 19.4 Å². The number of carbonyl (C=O) groups excluding carboxylic acids is 1. The van der Waals surface area contributed by atoms with E-state index in [4.69, 9.17) is 4.74 Å². The monoisotopic (exact) mass is 347 g/mol. The highest BCUT2D eigenvalue weighted by Gasteiger charge is 2.32. The van der Waals surface area contributed by atoms with Gasteiger partial charge in [-0.3, -0.25) is 19.1 Å². The van der Waals surface area contributed by atoms with Crippen LogP contribution in [-0.4, -0.2) is 57.2 Å². The Kier molecular flexibility index (Phi) is 4.66. The number of aromatic amines is 1. The molecule has 1 aromatic heterocycles. The van der Waals surface area contributed by atoms with Crippen LogP contribution in [0.4, 0.5) is 0 Å². The first-order valence-corrected chi connectivity index (χ1v) is 7.81. The molecular formula is C16H17N3O6. The molecule has 0 bridgehead atoms. The highest BCUT2D eigenvalue weighted by Crippen LogP contribution is 2.11. The highest BCUT2D eigenvalue weighted by atomic mass is 16.5. The van der Waals surface area contributed by atoms with Gasteiger partial charge in [0.15, 0.2) is 6.04 Å². The zero-order chi connectivity index (χ0) is 18.0. The van der Waals surface area contributed by atoms with Gasteiger partial charge < -0.3 is 14.7 Å². The van der Waals surface area contributed by atoms with Crippen LogP contribution in [-0.2, 0) is 20.9 Å². The van der Waals surface area contributed by atoms with Gasteiger partial charge in [-0.15, -0.1) is 0 Å². The summed E-state index contributed by atoms with van der Waals surface area (Å²) >= 11 is 0. The average Bonchev–Trinajstić information content (AvgIpc) is 2.61. The third-order valence-electron chi connectivity index (χ3n) is 4.19. The predicted molar refractivity (Wildman–Crippen MR) is 87.4 cm³/mol. The number of nitrogens with one attached hydrogen (secondary N) is 1. The normalized spacial score (nSPS) is 17.6. The summed E-state index contributed by atoms with van der Waals surface area (Å²) in [4.78, 5) is 51.1. The average molecular weight is 347 g/mol. The summed E-state index contributed by atoms with van der Waals surface area (Å²) in [7, 11) is 0. The lowest BCUT2D eigenvalue weighted by Gasteiger charge is -2.33. The summed E-state index contributed by atoms with van der Waals surface area (Å²) in [5.74, 6) is -1.50. The molecular weight excluding hydrogens is 330 g/mol. The molecule has 1 fully saturated rings. The number of carboxylic acid groups (broad SMARTS) is 1. The number of para-hydroxylation sites is 1. The van der Waals surface area contributed by atoms with Crippen LogP contribution >= 0.6 is 0 Å². The molecule has 0 saturated carbocycles. The van der Waals surface area contributed by atoms with Crippen molar-refractivity contribution in [3.05, 3.63) is 45.1 Å². The number of aromatic nitrogens is 2. The van der Waals surface area contributed by atoms with Crippen molar-refractivity contribution in [2.45, 2.75) is 19.0 Å². The minimum Gasteiger partial charge on any atom is -0.480 e. The number of carbonyl (C=O) groups is 2. The third kappa shape index (κ3) is 3.31. The van der Waals surface area contributed by atoms with E-state index in [1.807, 2.05) is 0 Å². The number of benzene rings is 1. The quantitative estimate of drug-likeness (QED) is 0.761. The van der Waals surface area contributed by atoms with Gasteiger partial charge in [-0.25, -0.2) is 9.59 Å². The van der Waals surface area contributed by atoms with Crippen molar-refractivity contribution in [3.8, 4) is 0 Å². The van der Waals surface area contributed by atoms with Gasteiger partial charge in [-0.1, -0.05) is 12.1 Å². The van der Waals surface area contributed by atoms with Gasteiger partial charge in [-0.05, 0) is 12.1 Å².